The maximum absolute atomic E-state index is 12.3. The summed E-state index contributed by atoms with van der Waals surface area (Å²) in [6.45, 7) is 0.404. The molecule has 0 bridgehead atoms. The van der Waals surface area contributed by atoms with E-state index in [1.54, 1.807) is 14.2 Å². The SMILES string of the molecule is COc1ccc2cc(C(=O)NCc3ccccc3OC)[nH]c2c1. The van der Waals surface area contributed by atoms with Crippen LogP contribution in [-0.2, 0) is 6.54 Å². The minimum atomic E-state index is -0.161. The van der Waals surface area contributed by atoms with Crippen LogP contribution in [0.25, 0.3) is 10.9 Å². The van der Waals surface area contributed by atoms with Gasteiger partial charge in [0.15, 0.2) is 0 Å². The second kappa shape index (κ2) is 6.44. The van der Waals surface area contributed by atoms with Crippen molar-refractivity contribution in [2.75, 3.05) is 14.2 Å². The van der Waals surface area contributed by atoms with E-state index in [-0.39, 0.29) is 5.91 Å². The molecule has 2 aromatic carbocycles. The van der Waals surface area contributed by atoms with Crippen molar-refractivity contribution in [2.45, 2.75) is 6.54 Å². The molecule has 2 N–H and O–H groups in total. The Balaban J connectivity index is 1.75. The Bertz CT molecular complexity index is 839. The lowest BCUT2D eigenvalue weighted by molar-refractivity contribution is 0.0946. The van der Waals surface area contributed by atoms with Gasteiger partial charge in [-0.25, -0.2) is 0 Å². The molecule has 1 amide bonds. The molecule has 23 heavy (non-hydrogen) atoms. The van der Waals surface area contributed by atoms with Gasteiger partial charge in [-0.05, 0) is 24.3 Å². The normalized spacial score (nSPS) is 10.5. The highest BCUT2D eigenvalue weighted by atomic mass is 16.5. The summed E-state index contributed by atoms with van der Waals surface area (Å²) in [7, 11) is 3.23. The third-order valence-corrected chi connectivity index (χ3v) is 3.71. The lowest BCUT2D eigenvalue weighted by atomic mass is 10.2. The number of rotatable bonds is 5. The van der Waals surface area contributed by atoms with Gasteiger partial charge < -0.3 is 19.8 Å². The molecule has 0 aliphatic carbocycles. The standard InChI is InChI=1S/C18H18N2O3/c1-22-14-8-7-12-9-16(20-15(12)10-14)18(21)19-11-13-5-3-4-6-17(13)23-2/h3-10,20H,11H2,1-2H3,(H,19,21). The monoisotopic (exact) mass is 310 g/mol. The number of fused-ring (bicyclic) bond motifs is 1. The number of hydrogen-bond donors (Lipinski definition) is 2. The average Bonchev–Trinajstić information content (AvgIpc) is 3.03. The van der Waals surface area contributed by atoms with E-state index in [1.165, 1.54) is 0 Å². The minimum absolute atomic E-state index is 0.161. The molecule has 3 aromatic rings. The van der Waals surface area contributed by atoms with E-state index in [4.69, 9.17) is 9.47 Å². The Hall–Kier alpha value is -2.95. The number of aromatic amines is 1. The highest BCUT2D eigenvalue weighted by Crippen LogP contribution is 2.21. The van der Waals surface area contributed by atoms with E-state index in [0.717, 1.165) is 28.0 Å². The minimum Gasteiger partial charge on any atom is -0.497 e. The van der Waals surface area contributed by atoms with E-state index >= 15 is 0 Å². The summed E-state index contributed by atoms with van der Waals surface area (Å²) < 4.78 is 10.5. The lowest BCUT2D eigenvalue weighted by Crippen LogP contribution is -2.23. The third kappa shape index (κ3) is 3.13. The van der Waals surface area contributed by atoms with E-state index in [9.17, 15) is 4.79 Å². The van der Waals surface area contributed by atoms with Gasteiger partial charge in [0.2, 0.25) is 0 Å². The second-order valence-corrected chi connectivity index (χ2v) is 5.13. The van der Waals surface area contributed by atoms with Crippen LogP contribution in [0.3, 0.4) is 0 Å². The first kappa shape index (κ1) is 15.0. The molecule has 0 saturated carbocycles. The highest BCUT2D eigenvalue weighted by Gasteiger charge is 2.11. The van der Waals surface area contributed by atoms with Crippen molar-refractivity contribution in [3.63, 3.8) is 0 Å². The Morgan fingerprint density at radius 2 is 1.91 bits per heavy atom. The van der Waals surface area contributed by atoms with Gasteiger partial charge in [0.05, 0.1) is 14.2 Å². The summed E-state index contributed by atoms with van der Waals surface area (Å²) in [5.74, 6) is 1.35. The smallest absolute Gasteiger partial charge is 0.267 e. The first-order valence-electron chi connectivity index (χ1n) is 7.28. The third-order valence-electron chi connectivity index (χ3n) is 3.71. The van der Waals surface area contributed by atoms with Gasteiger partial charge in [0, 0.05) is 29.1 Å². The van der Waals surface area contributed by atoms with Crippen molar-refractivity contribution >= 4 is 16.8 Å². The fourth-order valence-corrected chi connectivity index (χ4v) is 2.48. The van der Waals surface area contributed by atoms with Crippen LogP contribution in [0.15, 0.2) is 48.5 Å². The van der Waals surface area contributed by atoms with Gasteiger partial charge in [0.25, 0.3) is 5.91 Å². The van der Waals surface area contributed by atoms with Gasteiger partial charge in [-0.2, -0.15) is 0 Å². The van der Waals surface area contributed by atoms with Crippen LogP contribution in [-0.4, -0.2) is 25.1 Å². The van der Waals surface area contributed by atoms with Gasteiger partial charge >= 0.3 is 0 Å². The first-order chi connectivity index (χ1) is 11.2. The number of carbonyl (C=O) groups excluding carboxylic acids is 1. The predicted molar refractivity (Wildman–Crippen MR) is 89.0 cm³/mol. The molecular formula is C18H18N2O3. The van der Waals surface area contributed by atoms with Crippen LogP contribution in [0.1, 0.15) is 16.1 Å². The van der Waals surface area contributed by atoms with Crippen LogP contribution in [0.4, 0.5) is 0 Å². The van der Waals surface area contributed by atoms with Crippen LogP contribution in [0.2, 0.25) is 0 Å². The van der Waals surface area contributed by atoms with Crippen LogP contribution < -0.4 is 14.8 Å². The molecule has 0 saturated heterocycles. The van der Waals surface area contributed by atoms with Gasteiger partial charge in [-0.15, -0.1) is 0 Å². The molecule has 0 fully saturated rings. The molecule has 0 aliphatic rings. The maximum Gasteiger partial charge on any atom is 0.267 e. The van der Waals surface area contributed by atoms with Crippen molar-refractivity contribution in [3.05, 3.63) is 59.8 Å². The maximum atomic E-state index is 12.3. The van der Waals surface area contributed by atoms with Crippen molar-refractivity contribution in [1.29, 1.82) is 0 Å². The van der Waals surface area contributed by atoms with Crippen molar-refractivity contribution in [2.24, 2.45) is 0 Å². The Kier molecular flexibility index (Phi) is 4.19. The fourth-order valence-electron chi connectivity index (χ4n) is 2.48. The molecular weight excluding hydrogens is 292 g/mol. The highest BCUT2D eigenvalue weighted by molar-refractivity contribution is 5.98. The van der Waals surface area contributed by atoms with Crippen molar-refractivity contribution < 1.29 is 14.3 Å². The molecule has 3 rings (SSSR count). The largest absolute Gasteiger partial charge is 0.497 e. The molecule has 5 heteroatoms. The van der Waals surface area contributed by atoms with Gasteiger partial charge in [-0.3, -0.25) is 4.79 Å². The second-order valence-electron chi connectivity index (χ2n) is 5.13. The number of methoxy groups -OCH3 is 2. The molecule has 1 heterocycles. The summed E-state index contributed by atoms with van der Waals surface area (Å²) in [5.41, 5.74) is 2.32. The number of carbonyl (C=O) groups is 1. The number of hydrogen-bond acceptors (Lipinski definition) is 3. The van der Waals surface area contributed by atoms with Crippen LogP contribution in [0.5, 0.6) is 11.5 Å². The van der Waals surface area contributed by atoms with Crippen molar-refractivity contribution in [3.8, 4) is 11.5 Å². The lowest BCUT2D eigenvalue weighted by Gasteiger charge is -2.08. The number of ether oxygens (including phenoxy) is 2. The van der Waals surface area contributed by atoms with Gasteiger partial charge in [0.1, 0.15) is 17.2 Å². The number of para-hydroxylation sites is 1. The predicted octanol–water partition coefficient (Wildman–Crippen LogP) is 3.12. The average molecular weight is 310 g/mol. The summed E-state index contributed by atoms with van der Waals surface area (Å²) in [5, 5.41) is 3.86. The number of benzene rings is 2. The Labute approximate surface area is 134 Å². The topological polar surface area (TPSA) is 63.4 Å². The van der Waals surface area contributed by atoms with E-state index in [2.05, 4.69) is 10.3 Å². The number of nitrogens with one attached hydrogen (secondary N) is 2. The van der Waals surface area contributed by atoms with E-state index in [1.807, 2.05) is 48.5 Å². The van der Waals surface area contributed by atoms with E-state index < -0.39 is 0 Å². The quantitative estimate of drug-likeness (QED) is 0.761. The van der Waals surface area contributed by atoms with E-state index in [0.29, 0.717) is 12.2 Å². The zero-order valence-corrected chi connectivity index (χ0v) is 13.1. The van der Waals surface area contributed by atoms with Crippen molar-refractivity contribution in [1.82, 2.24) is 10.3 Å². The fraction of sp³-hybridized carbons (Fsp3) is 0.167. The number of H-pyrrole nitrogens is 1. The molecule has 0 radical (unpaired) electrons. The summed E-state index contributed by atoms with van der Waals surface area (Å²) in [6.07, 6.45) is 0. The summed E-state index contributed by atoms with van der Waals surface area (Å²) in [4.78, 5) is 15.4. The zero-order valence-electron chi connectivity index (χ0n) is 13.1. The molecule has 1 aromatic heterocycles. The number of aromatic nitrogens is 1. The molecule has 0 aliphatic heterocycles. The summed E-state index contributed by atoms with van der Waals surface area (Å²) in [6, 6.07) is 15.1. The van der Waals surface area contributed by atoms with Crippen LogP contribution in [0, 0.1) is 0 Å². The van der Waals surface area contributed by atoms with Gasteiger partial charge in [-0.1, -0.05) is 18.2 Å². The first-order valence-corrected chi connectivity index (χ1v) is 7.28. The number of amides is 1. The molecule has 5 nitrogen and oxygen atoms in total. The molecule has 0 spiro atoms. The molecule has 0 unspecified atom stereocenters. The Morgan fingerprint density at radius 3 is 2.70 bits per heavy atom. The molecule has 118 valence electrons. The zero-order chi connectivity index (χ0) is 16.2. The Morgan fingerprint density at radius 1 is 1.09 bits per heavy atom. The summed E-state index contributed by atoms with van der Waals surface area (Å²) >= 11 is 0. The molecule has 0 atom stereocenters. The van der Waals surface area contributed by atoms with Crippen LogP contribution >= 0.6 is 0 Å².